The van der Waals surface area contributed by atoms with E-state index in [0.29, 0.717) is 25.1 Å². The lowest BCUT2D eigenvalue weighted by Gasteiger charge is -2.18. The zero-order valence-electron chi connectivity index (χ0n) is 10.3. The van der Waals surface area contributed by atoms with Crippen LogP contribution in [0.3, 0.4) is 0 Å². The summed E-state index contributed by atoms with van der Waals surface area (Å²) in [5.41, 5.74) is 6.86. The molecule has 1 aromatic carbocycles. The van der Waals surface area contributed by atoms with Crippen LogP contribution in [0.1, 0.15) is 18.9 Å². The van der Waals surface area contributed by atoms with Gasteiger partial charge in [0.05, 0.1) is 11.0 Å². The maximum atomic E-state index is 12.5. The molecular weight excluding hydrogens is 252 g/mol. The molecule has 0 aliphatic carbocycles. The van der Waals surface area contributed by atoms with Gasteiger partial charge in [-0.05, 0) is 30.5 Å². The lowest BCUT2D eigenvalue weighted by molar-refractivity contribution is 0.189. The van der Waals surface area contributed by atoms with E-state index < -0.39 is 16.1 Å². The number of nitrogens with two attached hydrogens (primary N) is 1. The first kappa shape index (κ1) is 13.3. The van der Waals surface area contributed by atoms with Gasteiger partial charge in [-0.1, -0.05) is 13.0 Å². The van der Waals surface area contributed by atoms with Gasteiger partial charge in [0.15, 0.2) is 0 Å². The van der Waals surface area contributed by atoms with Crippen molar-refractivity contribution in [1.82, 2.24) is 4.31 Å². The summed E-state index contributed by atoms with van der Waals surface area (Å²) in [6.45, 7) is 2.44. The number of benzene rings is 1. The summed E-state index contributed by atoms with van der Waals surface area (Å²) in [5, 5.41) is 9.46. The van der Waals surface area contributed by atoms with E-state index >= 15 is 0 Å². The van der Waals surface area contributed by atoms with E-state index in [4.69, 9.17) is 5.73 Å². The molecule has 1 saturated heterocycles. The third-order valence-electron chi connectivity index (χ3n) is 3.22. The number of aryl methyl sites for hydroxylation is 1. The molecule has 0 unspecified atom stereocenters. The van der Waals surface area contributed by atoms with Crippen LogP contribution in [-0.2, 0) is 16.4 Å². The first-order valence-electron chi connectivity index (χ1n) is 6.01. The molecule has 6 heteroatoms. The van der Waals surface area contributed by atoms with Crippen molar-refractivity contribution in [2.45, 2.75) is 30.8 Å². The monoisotopic (exact) mass is 270 g/mol. The second-order valence-electron chi connectivity index (χ2n) is 4.53. The zero-order chi connectivity index (χ0) is 13.3. The van der Waals surface area contributed by atoms with E-state index in [9.17, 15) is 13.5 Å². The molecule has 18 heavy (non-hydrogen) atoms. The van der Waals surface area contributed by atoms with Crippen LogP contribution in [0.4, 0.5) is 5.69 Å². The number of sulfonamides is 1. The van der Waals surface area contributed by atoms with Crippen LogP contribution in [0.2, 0.25) is 0 Å². The Morgan fingerprint density at radius 3 is 2.78 bits per heavy atom. The molecule has 1 heterocycles. The minimum Gasteiger partial charge on any atom is -0.399 e. The fraction of sp³-hybridized carbons (Fsp3) is 0.500. The van der Waals surface area contributed by atoms with E-state index in [2.05, 4.69) is 0 Å². The Morgan fingerprint density at radius 2 is 2.22 bits per heavy atom. The Morgan fingerprint density at radius 1 is 1.50 bits per heavy atom. The highest BCUT2D eigenvalue weighted by atomic mass is 32.2. The Hall–Kier alpha value is -1.11. The molecule has 0 spiro atoms. The van der Waals surface area contributed by atoms with Gasteiger partial charge in [-0.15, -0.1) is 0 Å². The fourth-order valence-electron chi connectivity index (χ4n) is 2.17. The van der Waals surface area contributed by atoms with E-state index in [0.717, 1.165) is 5.56 Å². The number of nitrogens with zero attached hydrogens (tertiary/aromatic N) is 1. The van der Waals surface area contributed by atoms with Gasteiger partial charge in [0.25, 0.3) is 0 Å². The number of aliphatic hydroxyl groups excluding tert-OH is 1. The molecule has 1 aromatic rings. The standard InChI is InChI=1S/C12H18N2O3S/c1-2-9-3-4-10(13)7-12(9)18(16,17)14-6-5-11(15)8-14/h3-4,7,11,15H,2,5-6,8,13H2,1H3/t11-/m0/s1. The number of β-amino-alcohol motifs (C(OH)–C–C–N with tert-alkyl or cyclic N) is 1. The number of nitrogen functional groups attached to an aromatic ring is 1. The third kappa shape index (κ3) is 2.36. The van der Waals surface area contributed by atoms with E-state index in [-0.39, 0.29) is 11.4 Å². The molecule has 1 aliphatic heterocycles. The Kier molecular flexibility index (Phi) is 3.61. The van der Waals surface area contributed by atoms with Gasteiger partial charge in [0, 0.05) is 18.8 Å². The summed E-state index contributed by atoms with van der Waals surface area (Å²) in [4.78, 5) is 0.263. The van der Waals surface area contributed by atoms with Gasteiger partial charge < -0.3 is 10.8 Å². The third-order valence-corrected chi connectivity index (χ3v) is 5.16. The number of hydrogen-bond donors (Lipinski definition) is 2. The smallest absolute Gasteiger partial charge is 0.243 e. The summed E-state index contributed by atoms with van der Waals surface area (Å²) in [6.07, 6.45) is 0.555. The summed E-state index contributed by atoms with van der Waals surface area (Å²) in [5.74, 6) is 0. The molecule has 0 saturated carbocycles. The first-order chi connectivity index (χ1) is 8.45. The summed E-state index contributed by atoms with van der Waals surface area (Å²) < 4.78 is 26.3. The molecule has 1 fully saturated rings. The average molecular weight is 270 g/mol. The van der Waals surface area contributed by atoms with Crippen LogP contribution in [0.15, 0.2) is 23.1 Å². The van der Waals surface area contributed by atoms with E-state index in [1.165, 1.54) is 10.4 Å². The molecule has 0 aromatic heterocycles. The van der Waals surface area contributed by atoms with Crippen molar-refractivity contribution in [2.75, 3.05) is 18.8 Å². The second kappa shape index (κ2) is 4.87. The maximum Gasteiger partial charge on any atom is 0.243 e. The average Bonchev–Trinajstić information content (AvgIpc) is 2.76. The van der Waals surface area contributed by atoms with E-state index in [1.807, 2.05) is 6.92 Å². The van der Waals surface area contributed by atoms with Crippen molar-refractivity contribution in [2.24, 2.45) is 0 Å². The van der Waals surface area contributed by atoms with Crippen LogP contribution in [0.5, 0.6) is 0 Å². The zero-order valence-corrected chi connectivity index (χ0v) is 11.2. The molecule has 0 amide bonds. The Labute approximate surface area is 107 Å². The molecular formula is C12H18N2O3S. The number of rotatable bonds is 3. The van der Waals surface area contributed by atoms with E-state index in [1.54, 1.807) is 12.1 Å². The van der Waals surface area contributed by atoms with Crippen molar-refractivity contribution < 1.29 is 13.5 Å². The van der Waals surface area contributed by atoms with Crippen molar-refractivity contribution in [3.05, 3.63) is 23.8 Å². The second-order valence-corrected chi connectivity index (χ2v) is 6.43. The molecule has 1 aliphatic rings. The topological polar surface area (TPSA) is 83.6 Å². The van der Waals surface area contributed by atoms with Gasteiger partial charge in [-0.3, -0.25) is 0 Å². The first-order valence-corrected chi connectivity index (χ1v) is 7.45. The van der Waals surface area contributed by atoms with Crippen LogP contribution in [0.25, 0.3) is 0 Å². The van der Waals surface area contributed by atoms with Crippen LogP contribution < -0.4 is 5.73 Å². The van der Waals surface area contributed by atoms with Gasteiger partial charge in [0.2, 0.25) is 10.0 Å². The highest BCUT2D eigenvalue weighted by Crippen LogP contribution is 2.26. The predicted octanol–water partition coefficient (Wildman–Crippen LogP) is 0.587. The SMILES string of the molecule is CCc1ccc(N)cc1S(=O)(=O)N1CC[C@H](O)C1. The van der Waals surface area contributed by atoms with Gasteiger partial charge in [-0.25, -0.2) is 8.42 Å². The normalized spacial score (nSPS) is 21.3. The van der Waals surface area contributed by atoms with Crippen molar-refractivity contribution in [3.8, 4) is 0 Å². The van der Waals surface area contributed by atoms with Crippen molar-refractivity contribution in [1.29, 1.82) is 0 Å². The van der Waals surface area contributed by atoms with Crippen LogP contribution in [0, 0.1) is 0 Å². The maximum absolute atomic E-state index is 12.5. The summed E-state index contributed by atoms with van der Waals surface area (Å²) in [6, 6.07) is 4.95. The lowest BCUT2D eigenvalue weighted by Crippen LogP contribution is -2.30. The largest absolute Gasteiger partial charge is 0.399 e. The number of hydrogen-bond acceptors (Lipinski definition) is 4. The lowest BCUT2D eigenvalue weighted by atomic mass is 10.1. The van der Waals surface area contributed by atoms with Gasteiger partial charge in [0.1, 0.15) is 0 Å². The number of aliphatic hydroxyl groups is 1. The Bertz CT molecular complexity index is 542. The van der Waals surface area contributed by atoms with Crippen LogP contribution >= 0.6 is 0 Å². The van der Waals surface area contributed by atoms with Crippen molar-refractivity contribution in [3.63, 3.8) is 0 Å². The molecule has 5 nitrogen and oxygen atoms in total. The molecule has 1 atom stereocenters. The quantitative estimate of drug-likeness (QED) is 0.787. The fourth-order valence-corrected chi connectivity index (χ4v) is 3.99. The summed E-state index contributed by atoms with van der Waals surface area (Å²) >= 11 is 0. The minimum atomic E-state index is -3.54. The van der Waals surface area contributed by atoms with Crippen LogP contribution in [-0.4, -0.2) is 37.0 Å². The summed E-state index contributed by atoms with van der Waals surface area (Å²) in [7, 11) is -3.54. The van der Waals surface area contributed by atoms with Crippen molar-refractivity contribution >= 4 is 15.7 Å². The molecule has 100 valence electrons. The van der Waals surface area contributed by atoms with Gasteiger partial charge in [-0.2, -0.15) is 4.31 Å². The highest BCUT2D eigenvalue weighted by Gasteiger charge is 2.32. The minimum absolute atomic E-state index is 0.167. The molecule has 2 rings (SSSR count). The molecule has 0 bridgehead atoms. The number of anilines is 1. The van der Waals surface area contributed by atoms with Gasteiger partial charge >= 0.3 is 0 Å². The highest BCUT2D eigenvalue weighted by molar-refractivity contribution is 7.89. The molecule has 3 N–H and O–H groups in total. The predicted molar refractivity (Wildman–Crippen MR) is 69.6 cm³/mol. The Balaban J connectivity index is 2.43. The molecule has 0 radical (unpaired) electrons.